The van der Waals surface area contributed by atoms with Crippen LogP contribution in [0.25, 0.3) is 0 Å². The first-order chi connectivity index (χ1) is 5.66. The van der Waals surface area contributed by atoms with E-state index in [4.69, 9.17) is 5.11 Å². The number of carboxylic acids is 1. The molecule has 0 spiro atoms. The van der Waals surface area contributed by atoms with Crippen LogP contribution in [0, 0.1) is 0 Å². The lowest BCUT2D eigenvalue weighted by molar-refractivity contribution is -0.156. The zero-order valence-corrected chi connectivity index (χ0v) is 7.12. The molecule has 0 radical (unpaired) electrons. The van der Waals surface area contributed by atoms with E-state index in [0.717, 1.165) is 19.3 Å². The summed E-state index contributed by atoms with van der Waals surface area (Å²) in [5.74, 6) is -2.09. The molecule has 68 valence electrons. The van der Waals surface area contributed by atoms with Crippen molar-refractivity contribution in [3.05, 3.63) is 0 Å². The van der Waals surface area contributed by atoms with Gasteiger partial charge in [-0.05, 0) is 19.3 Å². The molecule has 1 fully saturated rings. The molecule has 0 aromatic carbocycles. The van der Waals surface area contributed by atoms with E-state index in [1.54, 1.807) is 0 Å². The van der Waals surface area contributed by atoms with Crippen molar-refractivity contribution in [2.24, 2.45) is 0 Å². The predicted octanol–water partition coefficient (Wildman–Crippen LogP) is 0.472. The minimum atomic E-state index is -1.34. The smallest absolute Gasteiger partial charge is 0.394 e. The second kappa shape index (κ2) is 3.56. The van der Waals surface area contributed by atoms with Crippen LogP contribution in [-0.4, -0.2) is 34.5 Å². The molecule has 1 saturated heterocycles. The standard InChI is InChI=1S/C8H13NO3/c1-2-6-4-3-5-9(6)7(10)8(11)12/h6H,2-5H2,1H3,(H,11,12)/t6-/m1/s1. The Balaban J connectivity index is 2.61. The average Bonchev–Trinajstić information content (AvgIpc) is 2.49. The molecule has 4 nitrogen and oxygen atoms in total. The van der Waals surface area contributed by atoms with Crippen molar-refractivity contribution >= 4 is 11.9 Å². The van der Waals surface area contributed by atoms with Gasteiger partial charge >= 0.3 is 11.9 Å². The van der Waals surface area contributed by atoms with E-state index in [9.17, 15) is 9.59 Å². The summed E-state index contributed by atoms with van der Waals surface area (Å²) >= 11 is 0. The molecule has 1 aliphatic rings. The van der Waals surface area contributed by atoms with Gasteiger partial charge in [-0.15, -0.1) is 0 Å². The van der Waals surface area contributed by atoms with Crippen LogP contribution in [0.5, 0.6) is 0 Å². The van der Waals surface area contributed by atoms with E-state index < -0.39 is 11.9 Å². The van der Waals surface area contributed by atoms with Crippen LogP contribution in [0.2, 0.25) is 0 Å². The molecule has 1 aliphatic heterocycles. The molecule has 0 aromatic heterocycles. The summed E-state index contributed by atoms with van der Waals surface area (Å²) in [6, 6.07) is 0.147. The Labute approximate surface area is 71.2 Å². The Kier molecular flexibility index (Phi) is 2.68. The molecule has 1 heterocycles. The fourth-order valence-electron chi connectivity index (χ4n) is 1.65. The SMILES string of the molecule is CC[C@@H]1CCCN1C(=O)C(=O)O. The summed E-state index contributed by atoms with van der Waals surface area (Å²) in [6.45, 7) is 2.57. The van der Waals surface area contributed by atoms with E-state index >= 15 is 0 Å². The first-order valence-corrected chi connectivity index (χ1v) is 4.20. The zero-order valence-electron chi connectivity index (χ0n) is 7.12. The Hall–Kier alpha value is -1.06. The first kappa shape index (κ1) is 9.03. The van der Waals surface area contributed by atoms with Crippen molar-refractivity contribution in [2.75, 3.05) is 6.54 Å². The number of amides is 1. The number of rotatable bonds is 1. The highest BCUT2D eigenvalue weighted by atomic mass is 16.4. The number of carbonyl (C=O) groups is 2. The predicted molar refractivity (Wildman–Crippen MR) is 42.7 cm³/mol. The third-order valence-corrected chi connectivity index (χ3v) is 2.29. The summed E-state index contributed by atoms with van der Waals surface area (Å²) in [4.78, 5) is 22.9. The van der Waals surface area contributed by atoms with Crippen LogP contribution in [0.3, 0.4) is 0 Å². The molecule has 4 heteroatoms. The van der Waals surface area contributed by atoms with Gasteiger partial charge in [0.25, 0.3) is 0 Å². The zero-order chi connectivity index (χ0) is 9.14. The summed E-state index contributed by atoms with van der Waals surface area (Å²) in [6.07, 6.45) is 2.71. The number of hydrogen-bond acceptors (Lipinski definition) is 2. The molecule has 0 aliphatic carbocycles. The fourth-order valence-corrected chi connectivity index (χ4v) is 1.65. The van der Waals surface area contributed by atoms with E-state index in [0.29, 0.717) is 6.54 Å². The minimum absolute atomic E-state index is 0.147. The quantitative estimate of drug-likeness (QED) is 0.583. The Morgan fingerprint density at radius 3 is 2.75 bits per heavy atom. The Bertz CT molecular complexity index is 202. The van der Waals surface area contributed by atoms with Gasteiger partial charge in [0.15, 0.2) is 0 Å². The first-order valence-electron chi connectivity index (χ1n) is 4.20. The molecule has 1 amide bonds. The molecular formula is C8H13NO3. The van der Waals surface area contributed by atoms with Gasteiger partial charge in [-0.3, -0.25) is 4.79 Å². The monoisotopic (exact) mass is 171 g/mol. The number of nitrogens with zero attached hydrogens (tertiary/aromatic N) is 1. The summed E-state index contributed by atoms with van der Waals surface area (Å²) in [7, 11) is 0. The molecule has 1 N–H and O–H groups in total. The van der Waals surface area contributed by atoms with Crippen LogP contribution >= 0.6 is 0 Å². The van der Waals surface area contributed by atoms with Crippen LogP contribution in [0.1, 0.15) is 26.2 Å². The number of likely N-dealkylation sites (tertiary alicyclic amines) is 1. The second-order valence-electron chi connectivity index (χ2n) is 3.01. The van der Waals surface area contributed by atoms with Crippen molar-refractivity contribution in [3.8, 4) is 0 Å². The molecular weight excluding hydrogens is 158 g/mol. The molecule has 0 saturated carbocycles. The summed E-state index contributed by atoms with van der Waals surface area (Å²) in [5.41, 5.74) is 0. The maximum Gasteiger partial charge on any atom is 0.394 e. The van der Waals surface area contributed by atoms with Gasteiger partial charge in [0, 0.05) is 12.6 Å². The lowest BCUT2D eigenvalue weighted by atomic mass is 10.2. The molecule has 0 bridgehead atoms. The second-order valence-corrected chi connectivity index (χ2v) is 3.01. The lowest BCUT2D eigenvalue weighted by Gasteiger charge is -2.20. The number of carbonyl (C=O) groups excluding carboxylic acids is 1. The summed E-state index contributed by atoms with van der Waals surface area (Å²) < 4.78 is 0. The van der Waals surface area contributed by atoms with Gasteiger partial charge in [-0.2, -0.15) is 0 Å². The van der Waals surface area contributed by atoms with E-state index in [-0.39, 0.29) is 6.04 Å². The maximum absolute atomic E-state index is 11.0. The van der Waals surface area contributed by atoms with Crippen molar-refractivity contribution in [1.29, 1.82) is 0 Å². The van der Waals surface area contributed by atoms with Crippen molar-refractivity contribution < 1.29 is 14.7 Å². The van der Waals surface area contributed by atoms with E-state index in [1.165, 1.54) is 4.90 Å². The van der Waals surface area contributed by atoms with Crippen LogP contribution in [-0.2, 0) is 9.59 Å². The van der Waals surface area contributed by atoms with Crippen molar-refractivity contribution in [3.63, 3.8) is 0 Å². The van der Waals surface area contributed by atoms with Gasteiger partial charge in [-0.25, -0.2) is 4.79 Å². The molecule has 12 heavy (non-hydrogen) atoms. The topological polar surface area (TPSA) is 57.6 Å². The summed E-state index contributed by atoms with van der Waals surface area (Å²) in [5, 5.41) is 8.46. The third-order valence-electron chi connectivity index (χ3n) is 2.29. The van der Waals surface area contributed by atoms with Crippen molar-refractivity contribution in [1.82, 2.24) is 4.90 Å². The van der Waals surface area contributed by atoms with E-state index in [1.807, 2.05) is 6.92 Å². The highest BCUT2D eigenvalue weighted by molar-refractivity contribution is 6.31. The van der Waals surface area contributed by atoms with Gasteiger partial charge in [0.2, 0.25) is 0 Å². The Morgan fingerprint density at radius 1 is 1.58 bits per heavy atom. The highest BCUT2D eigenvalue weighted by Crippen LogP contribution is 2.19. The van der Waals surface area contributed by atoms with Gasteiger partial charge < -0.3 is 10.0 Å². The minimum Gasteiger partial charge on any atom is -0.474 e. The largest absolute Gasteiger partial charge is 0.474 e. The van der Waals surface area contributed by atoms with Crippen LogP contribution < -0.4 is 0 Å². The number of carboxylic acid groups (broad SMARTS) is 1. The van der Waals surface area contributed by atoms with Gasteiger partial charge in [0.05, 0.1) is 0 Å². The van der Waals surface area contributed by atoms with Crippen molar-refractivity contribution in [2.45, 2.75) is 32.2 Å². The molecule has 1 atom stereocenters. The van der Waals surface area contributed by atoms with Crippen LogP contribution in [0.4, 0.5) is 0 Å². The molecule has 0 aromatic rings. The fraction of sp³-hybridized carbons (Fsp3) is 0.750. The normalized spacial score (nSPS) is 22.8. The maximum atomic E-state index is 11.0. The van der Waals surface area contributed by atoms with E-state index in [2.05, 4.69) is 0 Å². The Morgan fingerprint density at radius 2 is 2.25 bits per heavy atom. The van der Waals surface area contributed by atoms with Gasteiger partial charge in [-0.1, -0.05) is 6.92 Å². The number of hydrogen-bond donors (Lipinski definition) is 1. The third kappa shape index (κ3) is 1.57. The number of aliphatic carboxylic acids is 1. The molecule has 0 unspecified atom stereocenters. The van der Waals surface area contributed by atoms with Crippen LogP contribution in [0.15, 0.2) is 0 Å². The highest BCUT2D eigenvalue weighted by Gasteiger charge is 2.30. The molecule has 1 rings (SSSR count). The van der Waals surface area contributed by atoms with Gasteiger partial charge in [0.1, 0.15) is 0 Å². The lowest BCUT2D eigenvalue weighted by Crippen LogP contribution is -2.39. The average molecular weight is 171 g/mol.